The number of pyridine rings is 1. The van der Waals surface area contributed by atoms with Crippen LogP contribution in [-0.2, 0) is 11.3 Å². The number of nitrogens with one attached hydrogen (secondary N) is 1. The number of aromatic nitrogens is 1. The molecule has 3 aliphatic rings. The molecule has 1 aromatic heterocycles. The molecule has 8 aromatic carbocycles. The summed E-state index contributed by atoms with van der Waals surface area (Å²) in [6, 6.07) is 46.8. The molecule has 0 radical (unpaired) electrons. The monoisotopic (exact) mass is 941 g/mol. The molecule has 12 rings (SSSR count). The summed E-state index contributed by atoms with van der Waals surface area (Å²) in [5.41, 5.74) is 6.62. The van der Waals surface area contributed by atoms with Gasteiger partial charge in [0.25, 0.3) is 0 Å². The largest absolute Gasteiger partial charge is 0.489 e. The second-order valence-corrected chi connectivity index (χ2v) is 20.1. The molecular weight excluding hydrogens is 882 g/mol. The standard InChI is InChI=1S/C63H60FN3O4/c1-2-3-4-5-6-7-8-25-56(61-59-49-23-15-11-19-45(49)43-17-9-13-21-47(43)57(59)58-48-22-14-10-18-44(48)46-20-12-16-24-50(46)60(58)61)71-42-30-26-40(27-31-42)39-70-63(69)52-38-67(41-28-29-41)54-37-55(66-34-32-65-33-35-66)53(64)36-51(54)62(52)68/h9-24,26-27,30-31,36-38,41,56,61,65H,2-8,25,28-29,32-35,39H2,1H3. The van der Waals surface area contributed by atoms with Gasteiger partial charge in [0.15, 0.2) is 0 Å². The van der Waals surface area contributed by atoms with Crippen molar-refractivity contribution in [1.82, 2.24) is 9.88 Å². The lowest BCUT2D eigenvalue weighted by Gasteiger charge is -2.30. The number of hydrogen-bond donors (Lipinski definition) is 1. The average Bonchev–Trinajstić information content (AvgIpc) is 4.20. The first kappa shape index (κ1) is 45.1. The number of piperazine rings is 1. The van der Waals surface area contributed by atoms with Gasteiger partial charge in [0.05, 0.1) is 11.2 Å². The van der Waals surface area contributed by atoms with Crippen molar-refractivity contribution in [3.63, 3.8) is 0 Å². The molecule has 1 saturated heterocycles. The van der Waals surface area contributed by atoms with E-state index >= 15 is 4.39 Å². The minimum Gasteiger partial charge on any atom is -0.489 e. The topological polar surface area (TPSA) is 72.8 Å². The van der Waals surface area contributed by atoms with Crippen molar-refractivity contribution >= 4 is 65.6 Å². The normalized spacial score (nSPS) is 15.2. The van der Waals surface area contributed by atoms with Crippen LogP contribution in [0.15, 0.2) is 144 Å². The van der Waals surface area contributed by atoms with E-state index in [1.165, 1.54) is 104 Å². The number of unbranched alkanes of at least 4 members (excludes halogenated alkanes) is 6. The van der Waals surface area contributed by atoms with E-state index in [0.717, 1.165) is 56.5 Å². The first-order valence-corrected chi connectivity index (χ1v) is 26.1. The Balaban J connectivity index is 0.884. The molecule has 1 atom stereocenters. The fourth-order valence-electron chi connectivity index (χ4n) is 12.0. The molecule has 2 fully saturated rings. The van der Waals surface area contributed by atoms with Crippen LogP contribution in [0.5, 0.6) is 5.75 Å². The molecule has 0 bridgehead atoms. The van der Waals surface area contributed by atoms with E-state index in [0.29, 0.717) is 24.3 Å². The molecule has 1 unspecified atom stereocenters. The van der Waals surface area contributed by atoms with Gasteiger partial charge >= 0.3 is 5.97 Å². The third-order valence-corrected chi connectivity index (χ3v) is 15.6. The van der Waals surface area contributed by atoms with Gasteiger partial charge in [-0.3, -0.25) is 4.79 Å². The van der Waals surface area contributed by atoms with Crippen molar-refractivity contribution in [2.24, 2.45) is 0 Å². The van der Waals surface area contributed by atoms with Gasteiger partial charge in [-0.2, -0.15) is 0 Å². The Morgan fingerprint density at radius 3 is 1.77 bits per heavy atom. The quantitative estimate of drug-likeness (QED) is 0.0591. The van der Waals surface area contributed by atoms with Crippen molar-refractivity contribution in [2.45, 2.75) is 95.8 Å². The summed E-state index contributed by atoms with van der Waals surface area (Å²) in [6.45, 7) is 5.14. The molecule has 71 heavy (non-hydrogen) atoms. The molecule has 1 aliphatic heterocycles. The van der Waals surface area contributed by atoms with Gasteiger partial charge in [-0.25, -0.2) is 9.18 Å². The number of halogens is 1. The molecule has 1 N–H and O–H groups in total. The van der Waals surface area contributed by atoms with Crippen LogP contribution < -0.4 is 20.4 Å². The van der Waals surface area contributed by atoms with Crippen LogP contribution in [0.3, 0.4) is 0 Å². The number of esters is 1. The van der Waals surface area contributed by atoms with Crippen molar-refractivity contribution in [2.75, 3.05) is 31.1 Å². The predicted molar refractivity (Wildman–Crippen MR) is 288 cm³/mol. The lowest BCUT2D eigenvalue weighted by molar-refractivity contribution is 0.0470. The van der Waals surface area contributed by atoms with Crippen LogP contribution in [0.4, 0.5) is 10.1 Å². The Morgan fingerprint density at radius 2 is 1.20 bits per heavy atom. The summed E-state index contributed by atoms with van der Waals surface area (Å²) in [4.78, 5) is 29.8. The van der Waals surface area contributed by atoms with Gasteiger partial charge in [0.2, 0.25) is 5.43 Å². The predicted octanol–water partition coefficient (Wildman–Crippen LogP) is 14.6. The highest BCUT2D eigenvalue weighted by Crippen LogP contribution is 2.58. The smallest absolute Gasteiger partial charge is 0.343 e. The molecule has 0 spiro atoms. The summed E-state index contributed by atoms with van der Waals surface area (Å²) in [5.74, 6) is -0.483. The van der Waals surface area contributed by atoms with E-state index < -0.39 is 17.2 Å². The lowest BCUT2D eigenvalue weighted by Crippen LogP contribution is -2.43. The zero-order chi connectivity index (χ0) is 48.0. The van der Waals surface area contributed by atoms with E-state index in [9.17, 15) is 9.59 Å². The molecule has 2 heterocycles. The van der Waals surface area contributed by atoms with Crippen molar-refractivity contribution in [1.29, 1.82) is 0 Å². The number of ether oxygens (including phenoxy) is 2. The Labute approximate surface area is 414 Å². The van der Waals surface area contributed by atoms with Gasteiger partial charge < -0.3 is 24.3 Å². The minimum absolute atomic E-state index is 0.0285. The van der Waals surface area contributed by atoms with Crippen molar-refractivity contribution in [3.8, 4) is 16.9 Å². The van der Waals surface area contributed by atoms with Gasteiger partial charge in [-0.05, 0) is 121 Å². The maximum atomic E-state index is 15.7. The number of anilines is 1. The highest BCUT2D eigenvalue weighted by atomic mass is 19.1. The maximum Gasteiger partial charge on any atom is 0.343 e. The number of fused-ring (bicyclic) bond motifs is 14. The van der Waals surface area contributed by atoms with E-state index in [-0.39, 0.29) is 35.6 Å². The third kappa shape index (κ3) is 8.30. The number of carbonyl (C=O) groups is 1. The van der Waals surface area contributed by atoms with Crippen molar-refractivity contribution < 1.29 is 18.7 Å². The molecule has 9 aromatic rings. The second kappa shape index (κ2) is 19.3. The van der Waals surface area contributed by atoms with Crippen LogP contribution in [0.1, 0.15) is 110 Å². The van der Waals surface area contributed by atoms with Gasteiger partial charge in [-0.15, -0.1) is 0 Å². The van der Waals surface area contributed by atoms with Crippen LogP contribution >= 0.6 is 0 Å². The molecule has 7 nitrogen and oxygen atoms in total. The number of rotatable bonds is 16. The van der Waals surface area contributed by atoms with Gasteiger partial charge in [-0.1, -0.05) is 155 Å². The van der Waals surface area contributed by atoms with E-state index in [1.807, 2.05) is 33.7 Å². The Kier molecular flexibility index (Phi) is 12.3. The van der Waals surface area contributed by atoms with Gasteiger partial charge in [0.1, 0.15) is 29.8 Å². The average molecular weight is 942 g/mol. The first-order chi connectivity index (χ1) is 35.0. The summed E-state index contributed by atoms with van der Waals surface area (Å²) in [5, 5.41) is 13.6. The van der Waals surface area contributed by atoms with E-state index in [4.69, 9.17) is 9.47 Å². The fraction of sp³-hybridized carbons (Fsp3) is 0.302. The number of hydrogen-bond acceptors (Lipinski definition) is 6. The second-order valence-electron chi connectivity index (χ2n) is 20.1. The van der Waals surface area contributed by atoms with E-state index in [2.05, 4.69) is 109 Å². The van der Waals surface area contributed by atoms with Crippen LogP contribution in [-0.4, -0.2) is 42.8 Å². The van der Waals surface area contributed by atoms with Crippen LogP contribution in [0, 0.1) is 5.82 Å². The van der Waals surface area contributed by atoms with E-state index in [1.54, 1.807) is 12.3 Å². The van der Waals surface area contributed by atoms with Gasteiger partial charge in [0, 0.05) is 49.7 Å². The summed E-state index contributed by atoms with van der Waals surface area (Å²) in [7, 11) is 0. The fourth-order valence-corrected chi connectivity index (χ4v) is 12.0. The number of benzene rings is 8. The maximum absolute atomic E-state index is 15.7. The van der Waals surface area contributed by atoms with Crippen LogP contribution in [0.25, 0.3) is 65.1 Å². The summed E-state index contributed by atoms with van der Waals surface area (Å²) in [6.07, 6.45) is 12.6. The highest BCUT2D eigenvalue weighted by molar-refractivity contribution is 6.25. The van der Waals surface area contributed by atoms with Crippen LogP contribution in [0.2, 0.25) is 0 Å². The number of carbonyl (C=O) groups excluding carboxylic acids is 1. The third-order valence-electron chi connectivity index (χ3n) is 15.6. The molecule has 0 amide bonds. The minimum atomic E-state index is -0.717. The molecule has 8 heteroatoms. The summed E-state index contributed by atoms with van der Waals surface area (Å²) < 4.78 is 30.9. The van der Waals surface area contributed by atoms with Crippen molar-refractivity contribution in [3.05, 3.63) is 178 Å². The zero-order valence-electron chi connectivity index (χ0n) is 40.5. The Bertz CT molecular complexity index is 3430. The first-order valence-electron chi connectivity index (χ1n) is 26.1. The molecule has 1 saturated carbocycles. The highest BCUT2D eigenvalue weighted by Gasteiger charge is 2.41. The Hall–Kier alpha value is -7.03. The molecular formula is C63H60FN3O4. The summed E-state index contributed by atoms with van der Waals surface area (Å²) >= 11 is 0. The Morgan fingerprint density at radius 1 is 0.662 bits per heavy atom. The number of nitrogens with zero attached hydrogens (tertiary/aromatic N) is 2. The zero-order valence-corrected chi connectivity index (χ0v) is 40.5. The molecule has 358 valence electrons. The SMILES string of the molecule is CCCCCCCCCC(Oc1ccc(COC(=O)c2cn(C3CC3)c3cc(N4CCNCC4)c(F)cc3c2=O)cc1)C1c2c(c3ccccc3c3ccccc23)-c2c1c1ccccc1c1ccccc21. The molecule has 2 aliphatic carbocycles. The lowest BCUT2D eigenvalue weighted by atomic mass is 9.82.